The number of nitrogens with zero attached hydrogens (tertiary/aromatic N) is 4. The zero-order valence-corrected chi connectivity index (χ0v) is 15.1. The first-order valence-corrected chi connectivity index (χ1v) is 8.69. The van der Waals surface area contributed by atoms with E-state index >= 15 is 0 Å². The normalized spacial score (nSPS) is 10.8. The molecule has 0 spiro atoms. The molecule has 0 fully saturated rings. The summed E-state index contributed by atoms with van der Waals surface area (Å²) in [4.78, 5) is 37.0. The first-order valence-electron chi connectivity index (χ1n) is 7.33. The van der Waals surface area contributed by atoms with Crippen LogP contribution in [0.25, 0.3) is 11.0 Å². The molecule has 25 heavy (non-hydrogen) atoms. The molecule has 0 radical (unpaired) electrons. The second-order valence-corrected chi connectivity index (χ2v) is 6.58. The summed E-state index contributed by atoms with van der Waals surface area (Å²) >= 11 is 7.17. The van der Waals surface area contributed by atoms with Gasteiger partial charge in [-0.25, -0.2) is 15.0 Å². The summed E-state index contributed by atoms with van der Waals surface area (Å²) in [7, 11) is 1.60. The molecule has 1 amide bonds. The van der Waals surface area contributed by atoms with Crippen LogP contribution < -0.4 is 10.9 Å². The summed E-state index contributed by atoms with van der Waals surface area (Å²) in [5.74, 6) is 0.369. The molecule has 2 aromatic heterocycles. The van der Waals surface area contributed by atoms with Crippen molar-refractivity contribution in [2.75, 3.05) is 11.1 Å². The molecule has 7 nitrogen and oxygen atoms in total. The summed E-state index contributed by atoms with van der Waals surface area (Å²) in [6.45, 7) is 1.72. The highest BCUT2D eigenvalue weighted by Gasteiger charge is 2.13. The Labute approximate surface area is 152 Å². The number of aromatic nitrogens is 4. The Balaban J connectivity index is 1.79. The third kappa shape index (κ3) is 3.80. The van der Waals surface area contributed by atoms with Gasteiger partial charge < -0.3 is 5.32 Å². The standard InChI is InChI=1S/C16H14ClN5O2S/c1-9-18-7-10-14(19-9)21-16(22(2)15(10)24)25-8-13(23)20-12-6-4-3-5-11(12)17/h3-7H,8H2,1-2H3,(H,20,23). The molecule has 0 unspecified atom stereocenters. The number of hydrogen-bond acceptors (Lipinski definition) is 6. The van der Waals surface area contributed by atoms with Crippen LogP contribution in [-0.2, 0) is 11.8 Å². The number of amides is 1. The number of carbonyl (C=O) groups is 1. The van der Waals surface area contributed by atoms with Gasteiger partial charge in [0.05, 0.1) is 16.5 Å². The summed E-state index contributed by atoms with van der Waals surface area (Å²) in [6, 6.07) is 6.98. The third-order valence-corrected chi connectivity index (χ3v) is 4.75. The summed E-state index contributed by atoms with van der Waals surface area (Å²) in [6.07, 6.45) is 1.46. The van der Waals surface area contributed by atoms with Gasteiger partial charge in [-0.1, -0.05) is 35.5 Å². The van der Waals surface area contributed by atoms with Crippen LogP contribution in [0.2, 0.25) is 5.02 Å². The van der Waals surface area contributed by atoms with E-state index in [1.54, 1.807) is 38.2 Å². The molecule has 1 N–H and O–H groups in total. The smallest absolute Gasteiger partial charge is 0.264 e. The van der Waals surface area contributed by atoms with Crippen LogP contribution in [0.3, 0.4) is 0 Å². The van der Waals surface area contributed by atoms with Gasteiger partial charge in [0, 0.05) is 13.2 Å². The van der Waals surface area contributed by atoms with Crippen molar-refractivity contribution in [2.24, 2.45) is 7.05 Å². The Morgan fingerprint density at radius 3 is 2.84 bits per heavy atom. The van der Waals surface area contributed by atoms with E-state index in [1.165, 1.54) is 10.8 Å². The fraction of sp³-hybridized carbons (Fsp3) is 0.188. The monoisotopic (exact) mass is 375 g/mol. The van der Waals surface area contributed by atoms with Crippen molar-refractivity contribution in [3.05, 3.63) is 51.7 Å². The number of anilines is 1. The van der Waals surface area contributed by atoms with Gasteiger partial charge in [-0.05, 0) is 19.1 Å². The van der Waals surface area contributed by atoms with E-state index in [1.807, 2.05) is 0 Å². The Kier molecular flexibility index (Phi) is 5.00. The SMILES string of the molecule is Cc1ncc2c(=O)n(C)c(SCC(=O)Nc3ccccc3Cl)nc2n1. The van der Waals surface area contributed by atoms with Crippen LogP contribution in [-0.4, -0.2) is 31.2 Å². The quantitative estimate of drug-likeness (QED) is 0.556. The number of fused-ring (bicyclic) bond motifs is 1. The summed E-state index contributed by atoms with van der Waals surface area (Å²) in [5.41, 5.74) is 0.613. The number of benzene rings is 1. The van der Waals surface area contributed by atoms with Crippen LogP contribution >= 0.6 is 23.4 Å². The maximum Gasteiger partial charge on any atom is 0.264 e. The average molecular weight is 376 g/mol. The predicted octanol–water partition coefficient (Wildman–Crippen LogP) is 2.42. The van der Waals surface area contributed by atoms with Crippen LogP contribution in [0.1, 0.15) is 5.82 Å². The Hall–Kier alpha value is -2.45. The lowest BCUT2D eigenvalue weighted by atomic mass is 10.3. The molecule has 2 heterocycles. The minimum atomic E-state index is -0.251. The highest BCUT2D eigenvalue weighted by Crippen LogP contribution is 2.21. The first kappa shape index (κ1) is 17.4. The van der Waals surface area contributed by atoms with Gasteiger partial charge in [-0.15, -0.1) is 0 Å². The number of nitrogens with one attached hydrogen (secondary N) is 1. The van der Waals surface area contributed by atoms with Crippen molar-refractivity contribution in [2.45, 2.75) is 12.1 Å². The minimum absolute atomic E-state index is 0.0844. The van der Waals surface area contributed by atoms with Gasteiger partial charge in [-0.2, -0.15) is 0 Å². The second kappa shape index (κ2) is 7.20. The van der Waals surface area contributed by atoms with Crippen molar-refractivity contribution < 1.29 is 4.79 Å². The third-order valence-electron chi connectivity index (χ3n) is 3.39. The number of rotatable bonds is 4. The number of hydrogen-bond donors (Lipinski definition) is 1. The summed E-state index contributed by atoms with van der Waals surface area (Å²) < 4.78 is 1.38. The number of aryl methyl sites for hydroxylation is 1. The van der Waals surface area contributed by atoms with E-state index in [9.17, 15) is 9.59 Å². The van der Waals surface area contributed by atoms with Gasteiger partial charge in [0.2, 0.25) is 5.91 Å². The fourth-order valence-electron chi connectivity index (χ4n) is 2.14. The fourth-order valence-corrected chi connectivity index (χ4v) is 3.08. The average Bonchev–Trinajstić information content (AvgIpc) is 2.58. The number of carbonyl (C=O) groups excluding carboxylic acids is 1. The lowest BCUT2D eigenvalue weighted by molar-refractivity contribution is -0.113. The van der Waals surface area contributed by atoms with Gasteiger partial charge in [-0.3, -0.25) is 14.2 Å². The van der Waals surface area contributed by atoms with Crippen LogP contribution in [0.5, 0.6) is 0 Å². The zero-order valence-electron chi connectivity index (χ0n) is 13.5. The molecule has 0 aliphatic heterocycles. The molecule has 1 aromatic carbocycles. The molecule has 9 heteroatoms. The Bertz CT molecular complexity index is 1020. The molecule has 128 valence electrons. The lowest BCUT2D eigenvalue weighted by Crippen LogP contribution is -2.22. The molecule has 0 bridgehead atoms. The van der Waals surface area contributed by atoms with Crippen molar-refractivity contribution in [1.29, 1.82) is 0 Å². The zero-order chi connectivity index (χ0) is 18.0. The van der Waals surface area contributed by atoms with Crippen LogP contribution in [0.4, 0.5) is 5.69 Å². The van der Waals surface area contributed by atoms with Gasteiger partial charge >= 0.3 is 0 Å². The Morgan fingerprint density at radius 1 is 1.32 bits per heavy atom. The Morgan fingerprint density at radius 2 is 2.08 bits per heavy atom. The number of para-hydroxylation sites is 1. The molecule has 3 rings (SSSR count). The summed E-state index contributed by atoms with van der Waals surface area (Å²) in [5, 5.41) is 3.94. The molecule has 0 saturated heterocycles. The van der Waals surface area contributed by atoms with Crippen molar-refractivity contribution >= 4 is 46.0 Å². The maximum atomic E-state index is 12.4. The topological polar surface area (TPSA) is 89.8 Å². The van der Waals surface area contributed by atoms with Crippen molar-refractivity contribution in [1.82, 2.24) is 19.5 Å². The predicted molar refractivity (Wildman–Crippen MR) is 98.1 cm³/mol. The maximum absolute atomic E-state index is 12.4. The second-order valence-electron chi connectivity index (χ2n) is 5.23. The van der Waals surface area contributed by atoms with Gasteiger partial charge in [0.15, 0.2) is 10.8 Å². The number of halogens is 1. The minimum Gasteiger partial charge on any atom is -0.324 e. The molecule has 0 aliphatic carbocycles. The van der Waals surface area contributed by atoms with Crippen LogP contribution in [0, 0.1) is 6.92 Å². The molecular weight excluding hydrogens is 362 g/mol. The molecule has 0 atom stereocenters. The van der Waals surface area contributed by atoms with Gasteiger partial charge in [0.25, 0.3) is 5.56 Å². The van der Waals surface area contributed by atoms with Crippen LogP contribution in [0.15, 0.2) is 40.4 Å². The molecular formula is C16H14ClN5O2S. The van der Waals surface area contributed by atoms with E-state index in [-0.39, 0.29) is 17.2 Å². The van der Waals surface area contributed by atoms with E-state index in [0.717, 1.165) is 11.8 Å². The first-order chi connectivity index (χ1) is 12.0. The highest BCUT2D eigenvalue weighted by molar-refractivity contribution is 7.99. The van der Waals surface area contributed by atoms with E-state index in [4.69, 9.17) is 11.6 Å². The van der Waals surface area contributed by atoms with Crippen molar-refractivity contribution in [3.63, 3.8) is 0 Å². The largest absolute Gasteiger partial charge is 0.324 e. The molecule has 3 aromatic rings. The van der Waals surface area contributed by atoms with Crippen molar-refractivity contribution in [3.8, 4) is 0 Å². The van der Waals surface area contributed by atoms with E-state index < -0.39 is 0 Å². The molecule has 0 saturated carbocycles. The molecule has 0 aliphatic rings. The van der Waals surface area contributed by atoms with Gasteiger partial charge in [0.1, 0.15) is 11.2 Å². The highest BCUT2D eigenvalue weighted by atomic mass is 35.5. The lowest BCUT2D eigenvalue weighted by Gasteiger charge is -2.09. The van der Waals surface area contributed by atoms with E-state index in [2.05, 4.69) is 20.3 Å². The number of thioether (sulfide) groups is 1. The van der Waals surface area contributed by atoms with E-state index in [0.29, 0.717) is 32.7 Å².